The number of hydrogen-bond donors (Lipinski definition) is 1. The molecule has 0 bridgehead atoms. The molecule has 0 saturated carbocycles. The van der Waals surface area contributed by atoms with Crippen LogP contribution in [0.1, 0.15) is 45.0 Å². The minimum Gasteiger partial charge on any atom is -0.456 e. The van der Waals surface area contributed by atoms with Crippen LogP contribution >= 0.6 is 0 Å². The fourth-order valence-electron chi connectivity index (χ4n) is 6.33. The summed E-state index contributed by atoms with van der Waals surface area (Å²) in [7, 11) is 1.80. The van der Waals surface area contributed by atoms with E-state index in [-0.39, 0.29) is 5.56 Å². The van der Waals surface area contributed by atoms with E-state index in [0.29, 0.717) is 46.9 Å². The van der Waals surface area contributed by atoms with Gasteiger partial charge in [0.15, 0.2) is 6.61 Å². The average molecular weight is 582 g/mol. The molecule has 2 aromatic heterocycles. The number of hydrogen-bond acceptors (Lipinski definition) is 6. The Morgan fingerprint density at radius 2 is 1.65 bits per heavy atom. The standard InChI is InChI=1S/C32H31N5O6/c1-19-16-24(20(2)36(19)28-21(3)34(4)37(29(28)40)23-11-6-5-7-12-23)26(38)18-43-27(39)17-35-30(41)32(33-31(35)42)15-14-22-10-8-9-13-25(22)32/h5-13,16H,14-15,17-18H2,1-4H3,(H,33,42)/t32-/m1/s1. The number of aryl methyl sites for hydroxylation is 2. The number of nitrogens with zero attached hydrogens (tertiary/aromatic N) is 4. The van der Waals surface area contributed by atoms with E-state index in [9.17, 15) is 24.0 Å². The number of para-hydroxylation sites is 1. The minimum absolute atomic E-state index is 0.241. The second kappa shape index (κ2) is 10.3. The maximum absolute atomic E-state index is 13.6. The average Bonchev–Trinajstić information content (AvgIpc) is 3.65. The molecule has 220 valence electrons. The van der Waals surface area contributed by atoms with Gasteiger partial charge in [-0.3, -0.25) is 28.8 Å². The molecule has 2 aromatic carbocycles. The molecule has 1 atom stereocenters. The van der Waals surface area contributed by atoms with Crippen LogP contribution in [0.2, 0.25) is 0 Å². The number of carbonyl (C=O) groups excluding carboxylic acids is 4. The Kier molecular flexibility index (Phi) is 6.67. The SMILES string of the molecule is Cc1cc(C(=O)COC(=O)CN2C(=O)N[C@@]3(CCc4ccccc43)C2=O)c(C)n1-c1c(C)n(C)n(-c2ccccc2)c1=O. The third-order valence-electron chi connectivity index (χ3n) is 8.55. The van der Waals surface area contributed by atoms with Gasteiger partial charge in [-0.25, -0.2) is 9.48 Å². The van der Waals surface area contributed by atoms with Crippen molar-refractivity contribution in [1.82, 2.24) is 24.1 Å². The number of carbonyl (C=O) groups is 4. The first-order chi connectivity index (χ1) is 20.5. The molecule has 1 aliphatic carbocycles. The van der Waals surface area contributed by atoms with Crippen molar-refractivity contribution in [2.75, 3.05) is 13.2 Å². The molecule has 0 radical (unpaired) electrons. The van der Waals surface area contributed by atoms with Gasteiger partial charge in [0.05, 0.1) is 11.4 Å². The first kappa shape index (κ1) is 28.0. The molecule has 3 heterocycles. The smallest absolute Gasteiger partial charge is 0.326 e. The van der Waals surface area contributed by atoms with Crippen molar-refractivity contribution in [3.8, 4) is 11.4 Å². The maximum atomic E-state index is 13.6. The van der Waals surface area contributed by atoms with Gasteiger partial charge in [0.25, 0.3) is 11.5 Å². The van der Waals surface area contributed by atoms with E-state index < -0.39 is 42.4 Å². The van der Waals surface area contributed by atoms with Crippen LogP contribution < -0.4 is 10.9 Å². The van der Waals surface area contributed by atoms with E-state index in [1.807, 2.05) is 61.5 Å². The molecule has 0 unspecified atom stereocenters. The van der Waals surface area contributed by atoms with Gasteiger partial charge in [-0.1, -0.05) is 42.5 Å². The van der Waals surface area contributed by atoms with Crippen LogP contribution in [0.15, 0.2) is 65.5 Å². The quantitative estimate of drug-likeness (QED) is 0.203. The second-order valence-corrected chi connectivity index (χ2v) is 11.0. The van der Waals surface area contributed by atoms with Crippen LogP contribution in [0.4, 0.5) is 4.79 Å². The Bertz CT molecular complexity index is 1880. The van der Waals surface area contributed by atoms with Crippen molar-refractivity contribution in [3.63, 3.8) is 0 Å². The number of urea groups is 1. The summed E-state index contributed by atoms with van der Waals surface area (Å²) in [4.78, 5) is 66.4. The van der Waals surface area contributed by atoms with Crippen molar-refractivity contribution < 1.29 is 23.9 Å². The summed E-state index contributed by atoms with van der Waals surface area (Å²) >= 11 is 0. The predicted molar refractivity (Wildman–Crippen MR) is 157 cm³/mol. The van der Waals surface area contributed by atoms with Gasteiger partial charge in [-0.05, 0) is 62.9 Å². The summed E-state index contributed by atoms with van der Waals surface area (Å²) in [6, 6.07) is 17.7. The van der Waals surface area contributed by atoms with Gasteiger partial charge in [0.2, 0.25) is 5.78 Å². The highest BCUT2D eigenvalue weighted by atomic mass is 16.5. The Morgan fingerprint density at radius 3 is 2.40 bits per heavy atom. The largest absolute Gasteiger partial charge is 0.456 e. The lowest BCUT2D eigenvalue weighted by Gasteiger charge is -2.22. The highest BCUT2D eigenvalue weighted by Crippen LogP contribution is 2.41. The number of imide groups is 1. The first-order valence-electron chi connectivity index (χ1n) is 14.0. The molecule has 1 spiro atoms. The first-order valence-corrected chi connectivity index (χ1v) is 14.0. The van der Waals surface area contributed by atoms with E-state index in [1.165, 1.54) is 0 Å². The van der Waals surface area contributed by atoms with E-state index in [1.54, 1.807) is 40.9 Å². The second-order valence-electron chi connectivity index (χ2n) is 11.0. The molecule has 1 saturated heterocycles. The van der Waals surface area contributed by atoms with Crippen LogP contribution in [-0.4, -0.2) is 55.7 Å². The number of aromatic nitrogens is 3. The number of ketones is 1. The highest BCUT2D eigenvalue weighted by molar-refractivity contribution is 6.09. The molecule has 1 fully saturated rings. The van der Waals surface area contributed by atoms with E-state index in [2.05, 4.69) is 5.32 Å². The number of fused-ring (bicyclic) bond motifs is 2. The van der Waals surface area contributed by atoms with Crippen LogP contribution in [0.5, 0.6) is 0 Å². The molecule has 11 nitrogen and oxygen atoms in total. The molecule has 43 heavy (non-hydrogen) atoms. The Hall–Kier alpha value is -5.19. The zero-order chi connectivity index (χ0) is 30.6. The third kappa shape index (κ3) is 4.30. The number of nitrogens with one attached hydrogen (secondary N) is 1. The van der Waals surface area contributed by atoms with Crippen LogP contribution in [0, 0.1) is 20.8 Å². The molecule has 1 N–H and O–H groups in total. The van der Waals surface area contributed by atoms with Gasteiger partial charge in [0.1, 0.15) is 17.8 Å². The topological polar surface area (TPSA) is 125 Å². The molecule has 2 aliphatic rings. The third-order valence-corrected chi connectivity index (χ3v) is 8.55. The Labute approximate surface area is 247 Å². The number of ether oxygens (including phenoxy) is 1. The van der Waals surface area contributed by atoms with Crippen molar-refractivity contribution in [1.29, 1.82) is 0 Å². The Balaban J connectivity index is 1.17. The van der Waals surface area contributed by atoms with E-state index in [0.717, 1.165) is 16.0 Å². The number of Topliss-reactive ketones (excluding diaryl/α,β-unsaturated/α-hetero) is 1. The normalized spacial score (nSPS) is 17.4. The lowest BCUT2D eigenvalue weighted by atomic mass is 9.92. The van der Waals surface area contributed by atoms with Crippen LogP contribution in [0.3, 0.4) is 0 Å². The van der Waals surface area contributed by atoms with Crippen molar-refractivity contribution in [2.45, 2.75) is 39.2 Å². The zero-order valence-electron chi connectivity index (χ0n) is 24.3. The van der Waals surface area contributed by atoms with Crippen LogP contribution in [0.25, 0.3) is 11.4 Å². The lowest BCUT2D eigenvalue weighted by molar-refractivity contribution is -0.146. The number of esters is 1. The van der Waals surface area contributed by atoms with E-state index >= 15 is 0 Å². The molecule has 3 amide bonds. The monoisotopic (exact) mass is 581 g/mol. The molecular formula is C32H31N5O6. The Morgan fingerprint density at radius 1 is 0.953 bits per heavy atom. The van der Waals surface area contributed by atoms with Gasteiger partial charge in [0, 0.05) is 24.0 Å². The summed E-state index contributed by atoms with van der Waals surface area (Å²) in [5, 5.41) is 2.77. The summed E-state index contributed by atoms with van der Waals surface area (Å²) in [6.07, 6.45) is 1.05. The van der Waals surface area contributed by atoms with Gasteiger partial charge in [-0.2, -0.15) is 0 Å². The summed E-state index contributed by atoms with van der Waals surface area (Å²) in [6.45, 7) is 4.17. The highest BCUT2D eigenvalue weighted by Gasteiger charge is 2.55. The number of benzene rings is 2. The van der Waals surface area contributed by atoms with Crippen molar-refractivity contribution in [2.24, 2.45) is 7.05 Å². The van der Waals surface area contributed by atoms with Gasteiger partial charge >= 0.3 is 12.0 Å². The fourth-order valence-corrected chi connectivity index (χ4v) is 6.33. The zero-order valence-corrected chi connectivity index (χ0v) is 24.3. The van der Waals surface area contributed by atoms with Crippen molar-refractivity contribution >= 4 is 23.7 Å². The molecule has 4 aromatic rings. The van der Waals surface area contributed by atoms with Gasteiger partial charge < -0.3 is 14.6 Å². The van der Waals surface area contributed by atoms with Crippen LogP contribution in [-0.2, 0) is 33.3 Å². The van der Waals surface area contributed by atoms with Gasteiger partial charge in [-0.15, -0.1) is 0 Å². The summed E-state index contributed by atoms with van der Waals surface area (Å²) < 4.78 is 10.3. The predicted octanol–water partition coefficient (Wildman–Crippen LogP) is 3.01. The van der Waals surface area contributed by atoms with Crippen molar-refractivity contribution in [3.05, 3.63) is 105 Å². The van der Waals surface area contributed by atoms with E-state index in [4.69, 9.17) is 4.74 Å². The molecule has 6 rings (SSSR count). The maximum Gasteiger partial charge on any atom is 0.326 e. The number of amides is 3. The minimum atomic E-state index is -1.18. The summed E-state index contributed by atoms with van der Waals surface area (Å²) in [5.41, 5.74) is 3.62. The fraction of sp³-hybridized carbons (Fsp3) is 0.281. The summed E-state index contributed by atoms with van der Waals surface area (Å²) in [5.74, 6) is -1.85. The molecular weight excluding hydrogens is 550 g/mol. The number of rotatable bonds is 7. The molecule has 11 heteroatoms. The lowest BCUT2D eigenvalue weighted by Crippen LogP contribution is -2.42. The molecule has 1 aliphatic heterocycles.